The minimum absolute atomic E-state index is 0.0981. The Morgan fingerprint density at radius 3 is 2.77 bits per heavy atom. The molecule has 0 unspecified atom stereocenters. The zero-order valence-electron chi connectivity index (χ0n) is 17.1. The van der Waals surface area contributed by atoms with Gasteiger partial charge in [-0.2, -0.15) is 10.3 Å². The van der Waals surface area contributed by atoms with Crippen LogP contribution in [-0.4, -0.2) is 26.9 Å². The summed E-state index contributed by atoms with van der Waals surface area (Å²) in [6, 6.07) is 11.9. The van der Waals surface area contributed by atoms with E-state index in [9.17, 15) is 15.0 Å². The number of ketones is 1. The summed E-state index contributed by atoms with van der Waals surface area (Å²) in [6.07, 6.45) is 2.49. The van der Waals surface area contributed by atoms with Gasteiger partial charge in [0.25, 0.3) is 0 Å². The second kappa shape index (κ2) is 6.87. The first-order valence-corrected chi connectivity index (χ1v) is 10.1. The molecule has 3 aromatic rings. The first-order valence-electron chi connectivity index (χ1n) is 10.1. The maximum absolute atomic E-state index is 13.1. The van der Waals surface area contributed by atoms with Crippen LogP contribution in [0.1, 0.15) is 31.9 Å². The lowest BCUT2D eigenvalue weighted by atomic mass is 9.72. The molecule has 0 fully saturated rings. The number of carbonyl (C=O) groups is 1. The Kier molecular flexibility index (Phi) is 4.25. The second-order valence-electron chi connectivity index (χ2n) is 8.69. The van der Waals surface area contributed by atoms with Gasteiger partial charge in [-0.1, -0.05) is 32.0 Å². The van der Waals surface area contributed by atoms with Gasteiger partial charge >= 0.3 is 12.0 Å². The van der Waals surface area contributed by atoms with Gasteiger partial charge in [0.2, 0.25) is 0 Å². The molecule has 0 bridgehead atoms. The number of nitrogens with one attached hydrogen (secondary N) is 3. The Morgan fingerprint density at radius 1 is 1.19 bits per heavy atom. The number of Topliss-reactive ketones (excluding diaryl/α,β-unsaturated/α-hetero) is 1. The normalized spacial score (nSPS) is 22.3. The maximum atomic E-state index is 13.1. The van der Waals surface area contributed by atoms with Crippen LogP contribution in [0.4, 0.5) is 6.01 Å². The summed E-state index contributed by atoms with van der Waals surface area (Å²) in [7, 11) is 0. The summed E-state index contributed by atoms with van der Waals surface area (Å²) in [5.41, 5.74) is 2.56. The number of carbonyl (C=O) groups excluding carboxylic acids is 1. The lowest BCUT2D eigenvalue weighted by molar-refractivity contribution is -0.522. The van der Waals surface area contributed by atoms with Crippen molar-refractivity contribution in [1.29, 1.82) is 0 Å². The van der Waals surface area contributed by atoms with Crippen molar-refractivity contribution in [3.8, 4) is 11.5 Å². The van der Waals surface area contributed by atoms with Gasteiger partial charge in [-0.15, -0.1) is 0 Å². The monoisotopic (exact) mass is 419 g/mol. The third-order valence-electron chi connectivity index (χ3n) is 5.64. The molecule has 5 rings (SSSR count). The predicted octanol–water partition coefficient (Wildman–Crippen LogP) is 1.93. The van der Waals surface area contributed by atoms with E-state index in [1.54, 1.807) is 6.07 Å². The summed E-state index contributed by atoms with van der Waals surface area (Å²) >= 11 is 0. The number of anilines is 1. The number of aromatic hydroxyl groups is 2. The molecule has 0 spiro atoms. The number of fused-ring (bicyclic) bond motifs is 2. The molecule has 31 heavy (non-hydrogen) atoms. The fraction of sp³-hybridized carbons (Fsp3) is 0.261. The number of nitrogens with zero attached hydrogens (tertiary/aromatic N) is 1. The number of hydrogen-bond acceptors (Lipinski definition) is 7. The molecular formula is C23H23N4O4+. The summed E-state index contributed by atoms with van der Waals surface area (Å²) in [4.78, 5) is 20.8. The molecular weight excluding hydrogens is 396 g/mol. The number of rotatable bonds is 2. The largest absolute Gasteiger partial charge is 0.504 e. The lowest BCUT2D eigenvalue weighted by Crippen LogP contribution is -2.84. The SMILES string of the molecule is CC1(C)C=C2NC(Nc3nc4ccccc4o3)=[NH+][C@H](c3ccc(O)c(O)c3)[C@H]2C(=O)C1. The van der Waals surface area contributed by atoms with Crippen LogP contribution in [0, 0.1) is 11.3 Å². The summed E-state index contributed by atoms with van der Waals surface area (Å²) in [5.74, 6) is -0.289. The molecule has 0 saturated carbocycles. The van der Waals surface area contributed by atoms with Crippen molar-refractivity contribution in [2.75, 3.05) is 5.32 Å². The molecule has 8 heteroatoms. The van der Waals surface area contributed by atoms with Gasteiger partial charge in [-0.05, 0) is 41.3 Å². The Morgan fingerprint density at radius 2 is 2.00 bits per heavy atom. The molecule has 0 radical (unpaired) electrons. The molecule has 1 aromatic heterocycles. The third-order valence-corrected chi connectivity index (χ3v) is 5.64. The van der Waals surface area contributed by atoms with E-state index in [-0.39, 0.29) is 22.7 Å². The number of guanidine groups is 1. The topological polar surface area (TPSA) is 122 Å². The maximum Gasteiger partial charge on any atom is 0.365 e. The zero-order chi connectivity index (χ0) is 21.8. The third kappa shape index (κ3) is 3.50. The van der Waals surface area contributed by atoms with Crippen LogP contribution >= 0.6 is 0 Å². The molecule has 2 heterocycles. The van der Waals surface area contributed by atoms with Gasteiger partial charge in [0.1, 0.15) is 23.3 Å². The van der Waals surface area contributed by atoms with Crippen LogP contribution in [0.15, 0.2) is 58.7 Å². The van der Waals surface area contributed by atoms with Crippen molar-refractivity contribution in [2.45, 2.75) is 26.3 Å². The summed E-state index contributed by atoms with van der Waals surface area (Å²) in [5, 5.41) is 26.1. The molecule has 1 aliphatic carbocycles. The van der Waals surface area contributed by atoms with E-state index >= 15 is 0 Å². The average Bonchev–Trinajstić information content (AvgIpc) is 3.10. The Balaban J connectivity index is 1.57. The van der Waals surface area contributed by atoms with Crippen LogP contribution in [-0.2, 0) is 4.79 Å². The van der Waals surface area contributed by atoms with Gasteiger partial charge in [-0.25, -0.2) is 5.32 Å². The highest BCUT2D eigenvalue weighted by Crippen LogP contribution is 2.39. The highest BCUT2D eigenvalue weighted by molar-refractivity contribution is 5.94. The van der Waals surface area contributed by atoms with Gasteiger partial charge in [0.15, 0.2) is 17.1 Å². The lowest BCUT2D eigenvalue weighted by Gasteiger charge is -2.36. The predicted molar refractivity (Wildman–Crippen MR) is 114 cm³/mol. The van der Waals surface area contributed by atoms with Crippen LogP contribution < -0.4 is 15.6 Å². The number of aromatic nitrogens is 1. The minimum atomic E-state index is -0.453. The number of phenolic OH excluding ortho intramolecular Hbond substituents is 2. The smallest absolute Gasteiger partial charge is 0.365 e. The molecule has 158 valence electrons. The highest BCUT2D eigenvalue weighted by Gasteiger charge is 2.45. The van der Waals surface area contributed by atoms with E-state index in [0.717, 1.165) is 11.2 Å². The standard InChI is InChI=1S/C23H22N4O4/c1-23(2)10-14-19(17(30)11-23)20(12-7-8-15(28)16(29)9-12)26-21(24-14)27-22-25-13-5-3-4-6-18(13)31-22/h3-10,19-20,28-29H,11H2,1-2H3,(H2,24,25,26,27)/p+1/t19-,20-/m1/s1. The van der Waals surface area contributed by atoms with Crippen LogP contribution in [0.3, 0.4) is 0 Å². The fourth-order valence-electron chi connectivity index (χ4n) is 4.30. The van der Waals surface area contributed by atoms with Crippen molar-refractivity contribution in [3.63, 3.8) is 0 Å². The Labute approximate surface area is 178 Å². The van der Waals surface area contributed by atoms with Crippen LogP contribution in [0.25, 0.3) is 11.1 Å². The number of benzene rings is 2. The number of oxazole rings is 1. The quantitative estimate of drug-likeness (QED) is 0.403. The van der Waals surface area contributed by atoms with E-state index in [0.29, 0.717) is 29.5 Å². The Hall–Kier alpha value is -3.81. The van der Waals surface area contributed by atoms with E-state index in [1.807, 2.05) is 38.1 Å². The van der Waals surface area contributed by atoms with Gasteiger partial charge < -0.3 is 14.6 Å². The van der Waals surface area contributed by atoms with Gasteiger partial charge in [0.05, 0.1) is 5.70 Å². The van der Waals surface area contributed by atoms with Crippen molar-refractivity contribution >= 4 is 28.9 Å². The van der Waals surface area contributed by atoms with E-state index in [4.69, 9.17) is 4.42 Å². The van der Waals surface area contributed by atoms with Crippen molar-refractivity contribution < 1.29 is 24.4 Å². The van der Waals surface area contributed by atoms with Crippen molar-refractivity contribution in [2.24, 2.45) is 11.3 Å². The number of phenols is 2. The number of hydrogen-bond donors (Lipinski definition) is 5. The molecule has 1 aliphatic heterocycles. The van der Waals surface area contributed by atoms with Crippen LogP contribution in [0.5, 0.6) is 11.5 Å². The molecule has 0 saturated heterocycles. The first kappa shape index (κ1) is 19.2. The van der Waals surface area contributed by atoms with Crippen LogP contribution in [0.2, 0.25) is 0 Å². The first-order chi connectivity index (χ1) is 14.8. The fourth-order valence-corrected chi connectivity index (χ4v) is 4.30. The van der Waals surface area contributed by atoms with Gasteiger partial charge in [0, 0.05) is 6.42 Å². The highest BCUT2D eigenvalue weighted by atomic mass is 16.4. The number of para-hydroxylation sites is 2. The van der Waals surface area contributed by atoms with E-state index < -0.39 is 12.0 Å². The average molecular weight is 419 g/mol. The summed E-state index contributed by atoms with van der Waals surface area (Å²) < 4.78 is 5.76. The molecule has 0 amide bonds. The van der Waals surface area contributed by atoms with Gasteiger partial charge in [-0.3, -0.25) is 9.79 Å². The molecule has 5 N–H and O–H groups in total. The minimum Gasteiger partial charge on any atom is -0.504 e. The second-order valence-corrected chi connectivity index (χ2v) is 8.69. The molecule has 2 aliphatic rings. The van der Waals surface area contributed by atoms with Crippen molar-refractivity contribution in [1.82, 2.24) is 10.3 Å². The summed E-state index contributed by atoms with van der Waals surface area (Å²) in [6.45, 7) is 4.04. The Bertz CT molecular complexity index is 1220. The zero-order valence-corrected chi connectivity index (χ0v) is 17.1. The van der Waals surface area contributed by atoms with E-state index in [1.165, 1.54) is 12.1 Å². The molecule has 2 aromatic carbocycles. The van der Waals surface area contributed by atoms with Crippen molar-refractivity contribution in [3.05, 3.63) is 59.8 Å². The molecule has 2 atom stereocenters. The number of allylic oxidation sites excluding steroid dienone is 1. The van der Waals surface area contributed by atoms with E-state index in [2.05, 4.69) is 26.7 Å². The molecule has 8 nitrogen and oxygen atoms in total.